The number of ether oxygens (including phenoxy) is 1. The predicted molar refractivity (Wildman–Crippen MR) is 110 cm³/mol. The third-order valence-corrected chi connectivity index (χ3v) is 4.94. The molecule has 4 rings (SSSR count). The van der Waals surface area contributed by atoms with Crippen LogP contribution in [0.15, 0.2) is 23.2 Å². The number of oxazole rings is 1. The first-order chi connectivity index (χ1) is 15.8. The molecule has 1 fully saturated rings. The quantitative estimate of drug-likeness (QED) is 0.314. The van der Waals surface area contributed by atoms with Crippen LogP contribution in [0.25, 0.3) is 11.2 Å². The fraction of sp³-hybridized carbons (Fsp3) is 0.368. The predicted octanol–water partition coefficient (Wildman–Crippen LogP) is -2.11. The number of likely N-dealkylation sites (N-methyl/N-ethyl adjacent to an activating group) is 1. The molecule has 14 heteroatoms. The monoisotopic (exact) mass is 456 g/mol. The van der Waals surface area contributed by atoms with Crippen LogP contribution in [0.1, 0.15) is 22.7 Å². The second-order valence-electron chi connectivity index (χ2n) is 7.10. The van der Waals surface area contributed by atoms with Crippen molar-refractivity contribution in [3.05, 3.63) is 30.5 Å². The number of carbonyl (C=O) groups excluding carboxylic acids is 2. The number of fused-ring (bicyclic) bond motifs is 1. The molecule has 0 spiro atoms. The van der Waals surface area contributed by atoms with Gasteiger partial charge in [-0.3, -0.25) is 14.2 Å². The smallest absolute Gasteiger partial charge is 0.310 e. The number of nitrogens with one attached hydrogen (secondary N) is 1. The van der Waals surface area contributed by atoms with Crippen LogP contribution < -0.4 is 11.1 Å². The van der Waals surface area contributed by atoms with Gasteiger partial charge in [0.25, 0.3) is 11.8 Å². The van der Waals surface area contributed by atoms with Crippen LogP contribution in [0.5, 0.6) is 0 Å². The van der Waals surface area contributed by atoms with Gasteiger partial charge in [-0.1, -0.05) is 5.92 Å². The molecule has 172 valence electrons. The molecular formula is C19H20N8O6. The van der Waals surface area contributed by atoms with Gasteiger partial charge in [-0.15, -0.1) is 0 Å². The number of imidazole rings is 1. The highest BCUT2D eigenvalue weighted by atomic mass is 16.6. The lowest BCUT2D eigenvalue weighted by Gasteiger charge is -2.16. The molecule has 1 aliphatic rings. The van der Waals surface area contributed by atoms with Crippen molar-refractivity contribution in [3.8, 4) is 11.8 Å². The largest absolute Gasteiger partial charge is 0.441 e. The Hall–Kier alpha value is -4.06. The van der Waals surface area contributed by atoms with Gasteiger partial charge in [-0.2, -0.15) is 0 Å². The molecule has 1 aliphatic heterocycles. The maximum Gasteiger partial charge on any atom is 0.310 e. The van der Waals surface area contributed by atoms with Gasteiger partial charge in [-0.05, 0) is 5.92 Å². The summed E-state index contributed by atoms with van der Waals surface area (Å²) in [6.45, 7) is 0.0340. The first kappa shape index (κ1) is 22.1. The zero-order valence-electron chi connectivity index (χ0n) is 17.5. The molecule has 0 unspecified atom stereocenters. The third-order valence-electron chi connectivity index (χ3n) is 4.94. The summed E-state index contributed by atoms with van der Waals surface area (Å²) in [4.78, 5) is 41.7. The van der Waals surface area contributed by atoms with Crippen LogP contribution in [0, 0.1) is 11.8 Å². The molecule has 14 nitrogen and oxygen atoms in total. The van der Waals surface area contributed by atoms with Gasteiger partial charge < -0.3 is 35.3 Å². The van der Waals surface area contributed by atoms with E-state index in [9.17, 15) is 19.8 Å². The lowest BCUT2D eigenvalue weighted by atomic mass is 10.1. The van der Waals surface area contributed by atoms with E-state index in [1.165, 1.54) is 42.3 Å². The number of hydrogen-bond donors (Lipinski definition) is 4. The Kier molecular flexibility index (Phi) is 5.92. The Morgan fingerprint density at radius 1 is 1.30 bits per heavy atom. The summed E-state index contributed by atoms with van der Waals surface area (Å²) in [5, 5.41) is 23.0. The van der Waals surface area contributed by atoms with E-state index in [1.807, 2.05) is 0 Å². The molecule has 5 N–H and O–H groups in total. The van der Waals surface area contributed by atoms with Gasteiger partial charge >= 0.3 is 5.91 Å². The van der Waals surface area contributed by atoms with E-state index in [-0.39, 0.29) is 35.2 Å². The SMILES string of the molecule is CNC(=O)[C@H]1O[C@@H](n2cnc3c(N)nc(C#CCN(C)C(=O)c4ncco4)nc32)[C@H](O)[C@@H]1O. The summed E-state index contributed by atoms with van der Waals surface area (Å²) in [5.74, 6) is 4.46. The molecule has 3 aromatic rings. The summed E-state index contributed by atoms with van der Waals surface area (Å²) in [7, 11) is 2.92. The number of rotatable bonds is 4. The Bertz CT molecular complexity index is 1250. The molecular weight excluding hydrogens is 436 g/mol. The van der Waals surface area contributed by atoms with E-state index >= 15 is 0 Å². The fourth-order valence-corrected chi connectivity index (χ4v) is 3.23. The number of aromatic nitrogens is 5. The molecule has 33 heavy (non-hydrogen) atoms. The molecule has 2 amide bonds. The second-order valence-corrected chi connectivity index (χ2v) is 7.10. The van der Waals surface area contributed by atoms with Gasteiger partial charge in [0.2, 0.25) is 5.82 Å². The minimum atomic E-state index is -1.46. The highest BCUT2D eigenvalue weighted by Gasteiger charge is 2.47. The van der Waals surface area contributed by atoms with E-state index in [0.717, 1.165) is 0 Å². The van der Waals surface area contributed by atoms with Crippen molar-refractivity contribution in [1.82, 2.24) is 34.7 Å². The van der Waals surface area contributed by atoms with E-state index in [1.54, 1.807) is 0 Å². The van der Waals surface area contributed by atoms with Crippen molar-refractivity contribution >= 4 is 28.8 Å². The molecule has 0 saturated carbocycles. The molecule has 0 aliphatic carbocycles. The average Bonchev–Trinajstić information content (AvgIpc) is 3.54. The molecule has 3 aromatic heterocycles. The van der Waals surface area contributed by atoms with E-state index in [2.05, 4.69) is 37.1 Å². The number of aliphatic hydroxyl groups excluding tert-OH is 2. The van der Waals surface area contributed by atoms with Gasteiger partial charge in [0.1, 0.15) is 24.0 Å². The Morgan fingerprint density at radius 2 is 2.09 bits per heavy atom. The van der Waals surface area contributed by atoms with Crippen molar-refractivity contribution in [3.63, 3.8) is 0 Å². The number of carbonyl (C=O) groups is 2. The van der Waals surface area contributed by atoms with Gasteiger partial charge in [0, 0.05) is 14.1 Å². The molecule has 0 aromatic carbocycles. The van der Waals surface area contributed by atoms with Gasteiger partial charge in [0.05, 0.1) is 19.1 Å². The summed E-state index contributed by atoms with van der Waals surface area (Å²) < 4.78 is 11.9. The van der Waals surface area contributed by atoms with Crippen LogP contribution in [0.4, 0.5) is 5.82 Å². The summed E-state index contributed by atoms with van der Waals surface area (Å²) >= 11 is 0. The highest BCUT2D eigenvalue weighted by Crippen LogP contribution is 2.32. The fourth-order valence-electron chi connectivity index (χ4n) is 3.23. The third kappa shape index (κ3) is 4.07. The van der Waals surface area contributed by atoms with E-state index in [0.29, 0.717) is 0 Å². The van der Waals surface area contributed by atoms with Crippen molar-refractivity contribution in [2.24, 2.45) is 0 Å². The topological polar surface area (TPSA) is 195 Å². The maximum atomic E-state index is 12.1. The van der Waals surface area contributed by atoms with Crippen LogP contribution in [0.2, 0.25) is 0 Å². The molecule has 4 heterocycles. The van der Waals surface area contributed by atoms with Crippen LogP contribution in [-0.2, 0) is 9.53 Å². The number of hydrogen-bond acceptors (Lipinski definition) is 11. The van der Waals surface area contributed by atoms with Crippen molar-refractivity contribution < 1.29 is 29.0 Å². The number of amides is 2. The lowest BCUT2D eigenvalue weighted by molar-refractivity contribution is -0.137. The average molecular weight is 456 g/mol. The number of nitrogens with two attached hydrogens (primary N) is 1. The van der Waals surface area contributed by atoms with Crippen LogP contribution >= 0.6 is 0 Å². The second kappa shape index (κ2) is 8.82. The number of nitrogen functional groups attached to an aromatic ring is 1. The Morgan fingerprint density at radius 3 is 2.79 bits per heavy atom. The minimum absolute atomic E-state index is 0.0307. The normalized spacial score (nSPS) is 22.1. The van der Waals surface area contributed by atoms with Gasteiger partial charge in [0.15, 0.2) is 23.8 Å². The molecule has 1 saturated heterocycles. The van der Waals surface area contributed by atoms with Crippen LogP contribution in [0.3, 0.4) is 0 Å². The molecule has 4 atom stereocenters. The van der Waals surface area contributed by atoms with Crippen LogP contribution in [-0.4, -0.2) is 90.4 Å². The number of anilines is 1. The molecule has 0 radical (unpaired) electrons. The van der Waals surface area contributed by atoms with Gasteiger partial charge in [-0.25, -0.2) is 19.9 Å². The first-order valence-electron chi connectivity index (χ1n) is 9.69. The van der Waals surface area contributed by atoms with Crippen molar-refractivity contribution in [2.45, 2.75) is 24.5 Å². The summed E-state index contributed by atoms with van der Waals surface area (Å²) in [6, 6.07) is 0. The zero-order chi connectivity index (χ0) is 23.7. The number of aliphatic hydroxyl groups is 2. The minimum Gasteiger partial charge on any atom is -0.441 e. The van der Waals surface area contributed by atoms with E-state index < -0.39 is 36.4 Å². The van der Waals surface area contributed by atoms with Crippen molar-refractivity contribution in [2.75, 3.05) is 26.4 Å². The Balaban J connectivity index is 1.58. The van der Waals surface area contributed by atoms with Crippen molar-refractivity contribution in [1.29, 1.82) is 0 Å². The summed E-state index contributed by atoms with van der Waals surface area (Å²) in [6.07, 6.45) is -1.34. The standard InChI is InChI=1S/C19H20N8O6/c1-21-16(30)13-11(28)12(29)19(33-13)27-8-23-10-14(20)24-9(25-15(10)27)4-3-6-26(2)18(31)17-22-5-7-32-17/h5,7-8,11-13,19,28-29H,6H2,1-2H3,(H,21,30)(H2,20,24,25)/t11-,12+,13-,19+/m0/s1. The first-order valence-corrected chi connectivity index (χ1v) is 9.69. The maximum absolute atomic E-state index is 12.1. The summed E-state index contributed by atoms with van der Waals surface area (Å²) in [5.41, 5.74) is 6.39. The number of nitrogens with zero attached hydrogens (tertiary/aromatic N) is 6. The highest BCUT2D eigenvalue weighted by molar-refractivity contribution is 5.89. The Labute approximate surface area is 186 Å². The molecule has 0 bridgehead atoms. The zero-order valence-corrected chi connectivity index (χ0v) is 17.5. The van der Waals surface area contributed by atoms with E-state index in [4.69, 9.17) is 14.9 Å². The lowest BCUT2D eigenvalue weighted by Crippen LogP contribution is -2.41.